The Balaban J connectivity index is 2.16. The van der Waals surface area contributed by atoms with Crippen LogP contribution < -0.4 is 0 Å². The van der Waals surface area contributed by atoms with E-state index in [9.17, 15) is 4.21 Å². The monoisotopic (exact) mass is 511 g/mol. The Bertz CT molecular complexity index is 1040. The van der Waals surface area contributed by atoms with Gasteiger partial charge in [-0.3, -0.25) is 0 Å². The van der Waals surface area contributed by atoms with Gasteiger partial charge in [-0.15, -0.1) is 0 Å². The van der Waals surface area contributed by atoms with Crippen molar-refractivity contribution >= 4 is 18.0 Å². The minimum absolute atomic E-state index is 0.0714. The van der Waals surface area contributed by atoms with E-state index in [-0.39, 0.29) is 12.0 Å². The molecule has 0 spiro atoms. The molecule has 1 aliphatic carbocycles. The number of benzene rings is 2. The number of rotatable bonds is 11. The molecule has 3 nitrogen and oxygen atoms in total. The average Bonchev–Trinajstić information content (AvgIpc) is 2.92. The highest BCUT2D eigenvalue weighted by molar-refractivity contribution is 7.96. The van der Waals surface area contributed by atoms with E-state index >= 15 is 0 Å². The van der Waals surface area contributed by atoms with Crippen molar-refractivity contribution in [3.8, 4) is 0 Å². The maximum absolute atomic E-state index is 14.1. The molecular formula is C30H45NO2SSi. The zero-order valence-electron chi connectivity index (χ0n) is 22.4. The Morgan fingerprint density at radius 3 is 2.03 bits per heavy atom. The SMILES string of the molecule is CC[Si](CC)(CC)O[C@@H](C1CCCCC1)[C@@H](/C(C)=C\[S@@](=O)(=NC)c1ccccc1)c1ccccc1. The molecular weight excluding hydrogens is 466 g/mol. The Labute approximate surface area is 215 Å². The van der Waals surface area contributed by atoms with Crippen molar-refractivity contribution in [2.75, 3.05) is 7.05 Å². The number of hydrogen-bond acceptors (Lipinski definition) is 3. The summed E-state index contributed by atoms with van der Waals surface area (Å²) in [6, 6.07) is 23.9. The van der Waals surface area contributed by atoms with Crippen molar-refractivity contribution in [1.29, 1.82) is 0 Å². The van der Waals surface area contributed by atoms with E-state index in [0.29, 0.717) is 5.92 Å². The number of hydrogen-bond donors (Lipinski definition) is 0. The third-order valence-corrected chi connectivity index (χ3v) is 14.9. The summed E-state index contributed by atoms with van der Waals surface area (Å²) in [7, 11) is -2.85. The highest BCUT2D eigenvalue weighted by Gasteiger charge is 2.40. The standard InChI is InChI=1S/C30H45NO2SSi/c1-6-35(7-2,8-3)33-30(27-20-14-10-15-21-27)29(26-18-12-9-13-19-26)25(4)24-34(32,31-5)28-22-16-11-17-23-28/h9,11-13,16-19,22-24,27,29-30H,6-8,10,14-15,20-21H2,1-5H3/b25-24-/t29-,30-,34-/m0/s1. The molecule has 0 radical (unpaired) electrons. The third kappa shape index (κ3) is 6.75. The molecule has 2 aromatic rings. The molecule has 35 heavy (non-hydrogen) atoms. The molecule has 5 heteroatoms. The van der Waals surface area contributed by atoms with Crippen LogP contribution in [-0.4, -0.2) is 25.7 Å². The minimum Gasteiger partial charge on any atom is -0.413 e. The van der Waals surface area contributed by atoms with Crippen LogP contribution in [0.2, 0.25) is 18.1 Å². The van der Waals surface area contributed by atoms with Gasteiger partial charge in [0.15, 0.2) is 8.32 Å². The second-order valence-electron chi connectivity index (χ2n) is 10.0. The lowest BCUT2D eigenvalue weighted by Gasteiger charge is -2.43. The van der Waals surface area contributed by atoms with E-state index in [4.69, 9.17) is 4.43 Å². The Hall–Kier alpha value is -1.69. The van der Waals surface area contributed by atoms with Crippen molar-refractivity contribution in [3.05, 3.63) is 77.2 Å². The molecule has 192 valence electrons. The normalized spacial score (nSPS) is 19.1. The van der Waals surface area contributed by atoms with Crippen LogP contribution in [0.5, 0.6) is 0 Å². The Morgan fingerprint density at radius 1 is 0.971 bits per heavy atom. The Kier molecular flexibility index (Phi) is 10.4. The van der Waals surface area contributed by atoms with E-state index in [2.05, 4.69) is 62.4 Å². The predicted molar refractivity (Wildman–Crippen MR) is 153 cm³/mol. The van der Waals surface area contributed by atoms with E-state index in [1.54, 1.807) is 7.05 Å². The fourth-order valence-electron chi connectivity index (χ4n) is 5.73. The van der Waals surface area contributed by atoms with Crippen LogP contribution >= 0.6 is 0 Å². The molecule has 1 saturated carbocycles. The second kappa shape index (κ2) is 13.0. The van der Waals surface area contributed by atoms with Gasteiger partial charge in [0.25, 0.3) is 0 Å². The molecule has 0 bridgehead atoms. The van der Waals surface area contributed by atoms with Crippen LogP contribution in [0, 0.1) is 5.92 Å². The van der Waals surface area contributed by atoms with Crippen LogP contribution in [0.3, 0.4) is 0 Å². The van der Waals surface area contributed by atoms with E-state index in [0.717, 1.165) is 28.6 Å². The maximum Gasteiger partial charge on any atom is 0.192 e. The molecule has 2 aromatic carbocycles. The summed E-state index contributed by atoms with van der Waals surface area (Å²) in [5.74, 6) is 0.599. The van der Waals surface area contributed by atoms with Crippen molar-refractivity contribution in [2.45, 2.75) is 94.8 Å². The van der Waals surface area contributed by atoms with Gasteiger partial charge in [-0.1, -0.05) is 94.1 Å². The summed E-state index contributed by atoms with van der Waals surface area (Å²) in [6.45, 7) is 9.10. The molecule has 0 saturated heterocycles. The van der Waals surface area contributed by atoms with Gasteiger partial charge in [0.2, 0.25) is 0 Å². The summed E-state index contributed by atoms with van der Waals surface area (Å²) < 4.78 is 25.9. The maximum atomic E-state index is 14.1. The summed E-state index contributed by atoms with van der Waals surface area (Å²) in [6.07, 6.45) is 6.42. The molecule has 1 aliphatic rings. The fourth-order valence-corrected chi connectivity index (χ4v) is 10.3. The lowest BCUT2D eigenvalue weighted by atomic mass is 9.76. The summed E-state index contributed by atoms with van der Waals surface area (Å²) >= 11 is 0. The molecule has 1 fully saturated rings. The molecule has 0 aliphatic heterocycles. The smallest absolute Gasteiger partial charge is 0.192 e. The molecule has 0 aromatic heterocycles. The highest BCUT2D eigenvalue weighted by atomic mass is 32.2. The minimum atomic E-state index is -2.66. The lowest BCUT2D eigenvalue weighted by Crippen LogP contribution is -2.45. The van der Waals surface area contributed by atoms with Crippen molar-refractivity contribution in [1.82, 2.24) is 0 Å². The van der Waals surface area contributed by atoms with E-state index in [1.165, 1.54) is 37.7 Å². The van der Waals surface area contributed by atoms with Gasteiger partial charge < -0.3 is 4.43 Å². The first kappa shape index (κ1) is 27.9. The zero-order chi connectivity index (χ0) is 25.3. The molecule has 3 rings (SSSR count). The molecule has 3 atom stereocenters. The molecule has 0 N–H and O–H groups in total. The molecule has 0 unspecified atom stereocenters. The van der Waals surface area contributed by atoms with Gasteiger partial charge in [0.1, 0.15) is 0 Å². The average molecular weight is 512 g/mol. The summed E-state index contributed by atoms with van der Waals surface area (Å²) in [4.78, 5) is 0.767. The third-order valence-electron chi connectivity index (χ3n) is 8.11. The molecule has 0 amide bonds. The first-order chi connectivity index (χ1) is 16.9. The fraction of sp³-hybridized carbons (Fsp3) is 0.533. The Morgan fingerprint density at radius 2 is 1.51 bits per heavy atom. The van der Waals surface area contributed by atoms with Crippen LogP contribution in [0.15, 0.2) is 80.9 Å². The van der Waals surface area contributed by atoms with Gasteiger partial charge in [-0.25, -0.2) is 8.57 Å². The predicted octanol–water partition coefficient (Wildman–Crippen LogP) is 8.80. The zero-order valence-corrected chi connectivity index (χ0v) is 24.2. The van der Waals surface area contributed by atoms with E-state index < -0.39 is 18.0 Å². The lowest BCUT2D eigenvalue weighted by molar-refractivity contribution is 0.0814. The van der Waals surface area contributed by atoms with Gasteiger partial charge in [-0.05, 0) is 61.5 Å². The van der Waals surface area contributed by atoms with Crippen molar-refractivity contribution < 1.29 is 8.63 Å². The van der Waals surface area contributed by atoms with Crippen LogP contribution in [-0.2, 0) is 14.2 Å². The summed E-state index contributed by atoms with van der Waals surface area (Å²) in [5, 5.41) is 1.95. The van der Waals surface area contributed by atoms with Crippen LogP contribution in [0.25, 0.3) is 0 Å². The summed E-state index contributed by atoms with van der Waals surface area (Å²) in [5.41, 5.74) is 2.37. The van der Waals surface area contributed by atoms with Crippen molar-refractivity contribution in [3.63, 3.8) is 0 Å². The highest BCUT2D eigenvalue weighted by Crippen LogP contribution is 2.42. The first-order valence-electron chi connectivity index (χ1n) is 13.5. The van der Waals surface area contributed by atoms with Gasteiger partial charge in [0, 0.05) is 18.4 Å². The van der Waals surface area contributed by atoms with Gasteiger partial charge in [0.05, 0.1) is 20.7 Å². The number of nitrogens with zero attached hydrogens (tertiary/aromatic N) is 1. The van der Waals surface area contributed by atoms with Crippen molar-refractivity contribution in [2.24, 2.45) is 10.3 Å². The van der Waals surface area contributed by atoms with E-state index in [1.807, 2.05) is 35.7 Å². The first-order valence-corrected chi connectivity index (χ1v) is 17.6. The largest absolute Gasteiger partial charge is 0.413 e. The topological polar surface area (TPSA) is 38.7 Å². The van der Waals surface area contributed by atoms with Gasteiger partial charge >= 0.3 is 0 Å². The molecule has 0 heterocycles. The van der Waals surface area contributed by atoms with Crippen LogP contribution in [0.1, 0.15) is 71.3 Å². The second-order valence-corrected chi connectivity index (χ2v) is 17.0. The van der Waals surface area contributed by atoms with Crippen LogP contribution in [0.4, 0.5) is 0 Å². The van der Waals surface area contributed by atoms with Gasteiger partial charge in [-0.2, -0.15) is 0 Å². The quantitative estimate of drug-likeness (QED) is 0.283.